The van der Waals surface area contributed by atoms with Crippen molar-refractivity contribution in [2.24, 2.45) is 0 Å². The molecule has 4 heteroatoms. The summed E-state index contributed by atoms with van der Waals surface area (Å²) >= 11 is 0. The molecule has 0 aliphatic rings. The number of benzene rings is 1. The van der Waals surface area contributed by atoms with Crippen LogP contribution in [0.3, 0.4) is 0 Å². The zero-order chi connectivity index (χ0) is 7.68. The van der Waals surface area contributed by atoms with Crippen LogP contribution in [0.1, 0.15) is 5.56 Å². The quantitative estimate of drug-likeness (QED) is 0.625. The van der Waals surface area contributed by atoms with Crippen LogP contribution in [-0.4, -0.2) is 4.98 Å². The van der Waals surface area contributed by atoms with Gasteiger partial charge in [-0.05, 0) is 23.6 Å². The van der Waals surface area contributed by atoms with Crippen molar-refractivity contribution in [3.63, 3.8) is 0 Å². The molecule has 0 aliphatic heterocycles. The van der Waals surface area contributed by atoms with Crippen LogP contribution < -0.4 is 0 Å². The van der Waals surface area contributed by atoms with Crippen molar-refractivity contribution >= 4 is 10.9 Å². The molecule has 2 nitrogen and oxygen atoms in total. The van der Waals surface area contributed by atoms with Gasteiger partial charge in [0.25, 0.3) is 0 Å². The van der Waals surface area contributed by atoms with E-state index in [0.29, 0.717) is 5.56 Å². The van der Waals surface area contributed by atoms with Gasteiger partial charge in [0.1, 0.15) is 0 Å². The molecule has 2 radical (unpaired) electrons. The van der Waals surface area contributed by atoms with Crippen LogP contribution in [0, 0.1) is 25.6 Å². The number of aromatic nitrogens is 1. The standard InChI is InChI=1S/C9H6N2.Am.Y/c10-6-7-1-2-8-3-4-11-9(8)5-7;;/h1-5,11H;;. The maximum atomic E-state index is 8.57. The molecular weight excluding hydrogens is 468 g/mol. The second-order valence-corrected chi connectivity index (χ2v) is 2.39. The zero-order valence-corrected chi connectivity index (χ0v) is 12.8. The second kappa shape index (κ2) is 5.47. The van der Waals surface area contributed by atoms with E-state index in [1.54, 1.807) is 0 Å². The first kappa shape index (κ1) is 12.7. The maximum absolute atomic E-state index is 8.57. The minimum absolute atomic E-state index is 0. The monoisotopic (exact) mass is 472 g/mol. The van der Waals surface area contributed by atoms with Crippen molar-refractivity contribution < 1.29 is 47.0 Å². The van der Waals surface area contributed by atoms with E-state index >= 15 is 0 Å². The molecule has 1 N–H and O–H groups in total. The normalized spacial score (nSPS) is 8.23. The van der Waals surface area contributed by atoms with E-state index in [-0.39, 0.29) is 47.0 Å². The van der Waals surface area contributed by atoms with Crippen LogP contribution >= 0.6 is 0 Å². The van der Waals surface area contributed by atoms with Crippen LogP contribution in [0.2, 0.25) is 0 Å². The number of nitrogens with zero attached hydrogens (tertiary/aromatic N) is 1. The first-order valence-corrected chi connectivity index (χ1v) is 3.37. The topological polar surface area (TPSA) is 39.6 Å². The minimum atomic E-state index is 0. The Hall–Kier alpha value is -0.256. The molecule has 1 heterocycles. The predicted octanol–water partition coefficient (Wildman–Crippen LogP) is 2.04. The summed E-state index contributed by atoms with van der Waals surface area (Å²) in [6, 6.07) is 9.66. The number of hydrogen-bond acceptors (Lipinski definition) is 1. The van der Waals surface area contributed by atoms with Gasteiger partial charge < -0.3 is 4.98 Å². The van der Waals surface area contributed by atoms with Gasteiger partial charge in [-0.25, -0.2) is 0 Å². The molecule has 2 aromatic rings. The molecule has 0 atom stereocenters. The number of hydrogen-bond donors (Lipinski definition) is 1. The molecule has 0 spiro atoms. The fraction of sp³-hybridized carbons (Fsp3) is 0. The molecule has 2 rings (SSSR count). The molecule has 13 heavy (non-hydrogen) atoms. The fourth-order valence-corrected chi connectivity index (χ4v) is 1.12. The van der Waals surface area contributed by atoms with Gasteiger partial charge in [-0.2, -0.15) is 5.26 Å². The molecule has 0 bridgehead atoms. The summed E-state index contributed by atoms with van der Waals surface area (Å²) in [6.07, 6.45) is 1.87. The maximum Gasteiger partial charge on any atom is 0.0992 e. The largest absolute Gasteiger partial charge is 0.361 e. The Bertz CT molecular complexity index is 430. The Balaban J connectivity index is 0.000000720. The number of nitriles is 1. The Morgan fingerprint density at radius 2 is 2.00 bits per heavy atom. The van der Waals surface area contributed by atoms with Crippen molar-refractivity contribution in [3.8, 4) is 6.07 Å². The summed E-state index contributed by atoms with van der Waals surface area (Å²) in [5, 5.41) is 9.71. The Kier molecular flexibility index (Phi) is 5.36. The summed E-state index contributed by atoms with van der Waals surface area (Å²) in [7, 11) is 0. The van der Waals surface area contributed by atoms with E-state index in [4.69, 9.17) is 5.26 Å². The third-order valence-corrected chi connectivity index (χ3v) is 1.68. The molecule has 1 aromatic heterocycles. The second-order valence-electron chi connectivity index (χ2n) is 2.39. The Morgan fingerprint density at radius 1 is 1.23 bits per heavy atom. The summed E-state index contributed by atoms with van der Waals surface area (Å²) in [6.45, 7) is 0. The van der Waals surface area contributed by atoms with Crippen LogP contribution in [0.15, 0.2) is 30.5 Å². The van der Waals surface area contributed by atoms with Crippen molar-refractivity contribution in [1.82, 2.24) is 4.98 Å². The number of aromatic amines is 1. The fourth-order valence-electron chi connectivity index (χ4n) is 1.12. The molecule has 62 valence electrons. The molecule has 1 aromatic carbocycles. The van der Waals surface area contributed by atoms with Gasteiger partial charge in [0.05, 0.1) is 11.6 Å². The number of fused-ring (bicyclic) bond motifs is 1. The average Bonchev–Trinajstić information content (AvgIpc) is 2.50. The first-order valence-electron chi connectivity index (χ1n) is 3.37. The number of H-pyrrole nitrogens is 1. The van der Waals surface area contributed by atoms with Crippen molar-refractivity contribution in [2.75, 3.05) is 0 Å². The van der Waals surface area contributed by atoms with E-state index in [0.717, 1.165) is 10.9 Å². The summed E-state index contributed by atoms with van der Waals surface area (Å²) in [4.78, 5) is 3.04. The van der Waals surface area contributed by atoms with Gasteiger partial charge >= 0.3 is 0 Å². The molecule has 0 amide bonds. The minimum Gasteiger partial charge on any atom is -0.361 e. The van der Waals surface area contributed by atoms with E-state index < -0.39 is 0 Å². The molecule has 0 unspecified atom stereocenters. The Labute approximate surface area is 109 Å². The van der Waals surface area contributed by atoms with Gasteiger partial charge in [0.2, 0.25) is 0 Å². The SMILES string of the molecule is N#Cc1ccc2cc[nH]c2c1.[Am].[Y]. The van der Waals surface area contributed by atoms with E-state index in [1.165, 1.54) is 0 Å². The zero-order valence-electron chi connectivity index (χ0n) is 6.79. The van der Waals surface area contributed by atoms with Crippen molar-refractivity contribution in [1.29, 1.82) is 5.26 Å². The van der Waals surface area contributed by atoms with Crippen LogP contribution in [0.25, 0.3) is 10.9 Å². The van der Waals surface area contributed by atoms with Gasteiger partial charge in [-0.3, -0.25) is 0 Å². The Morgan fingerprint density at radius 3 is 2.69 bits per heavy atom. The molecule has 0 saturated heterocycles. The summed E-state index contributed by atoms with van der Waals surface area (Å²) < 4.78 is 0. The molecular formula is C9H6AmN2Y. The molecule has 0 saturated carbocycles. The van der Waals surface area contributed by atoms with Crippen LogP contribution in [0.4, 0.5) is 0 Å². The van der Waals surface area contributed by atoms with E-state index in [9.17, 15) is 0 Å². The first-order chi connectivity index (χ1) is 5.40. The van der Waals surface area contributed by atoms with Crippen LogP contribution in [-0.2, 0) is 32.7 Å². The average molecular weight is 474 g/mol. The summed E-state index contributed by atoms with van der Waals surface area (Å²) in [5.74, 6) is 0. The van der Waals surface area contributed by atoms with Crippen molar-refractivity contribution in [3.05, 3.63) is 36.0 Å². The van der Waals surface area contributed by atoms with E-state index in [2.05, 4.69) is 11.1 Å². The van der Waals surface area contributed by atoms with E-state index in [1.807, 2.05) is 30.5 Å². The van der Waals surface area contributed by atoms with Gasteiger partial charge in [-0.1, -0.05) is 6.07 Å². The van der Waals surface area contributed by atoms with Gasteiger partial charge in [0, 0.05) is 58.7 Å². The number of rotatable bonds is 0. The van der Waals surface area contributed by atoms with Gasteiger partial charge in [0.15, 0.2) is 0 Å². The predicted molar refractivity (Wildman–Crippen MR) is 43.0 cm³/mol. The molecule has 0 aliphatic carbocycles. The van der Waals surface area contributed by atoms with Crippen LogP contribution in [0.5, 0.6) is 0 Å². The van der Waals surface area contributed by atoms with Gasteiger partial charge in [-0.15, -0.1) is 0 Å². The third kappa shape index (κ3) is 2.59. The van der Waals surface area contributed by atoms with Crippen molar-refractivity contribution in [2.45, 2.75) is 0 Å². The number of nitrogens with one attached hydrogen (secondary N) is 1. The third-order valence-electron chi connectivity index (χ3n) is 1.68. The summed E-state index contributed by atoms with van der Waals surface area (Å²) in [5.41, 5.74) is 1.71. The smallest absolute Gasteiger partial charge is 0.0992 e. The molecule has 0 fully saturated rings.